The minimum Gasteiger partial charge on any atom is -0.481 e. The van der Waals surface area contributed by atoms with Crippen LogP contribution in [-0.4, -0.2) is 23.1 Å². The summed E-state index contributed by atoms with van der Waals surface area (Å²) in [5, 5.41) is 8.83. The van der Waals surface area contributed by atoms with Crippen molar-refractivity contribution in [3.8, 4) is 0 Å². The van der Waals surface area contributed by atoms with Gasteiger partial charge in [-0.3, -0.25) is 9.59 Å². The molecule has 0 saturated heterocycles. The van der Waals surface area contributed by atoms with Gasteiger partial charge in [0, 0.05) is 12.8 Å². The smallest absolute Gasteiger partial charge is 0.306 e. The van der Waals surface area contributed by atoms with E-state index in [1.165, 1.54) is 122 Å². The Morgan fingerprint density at radius 3 is 1.38 bits per heavy atom. The lowest BCUT2D eigenvalue weighted by Crippen LogP contribution is -2.18. The van der Waals surface area contributed by atoms with Gasteiger partial charge in [-0.1, -0.05) is 159 Å². The van der Waals surface area contributed by atoms with Gasteiger partial charge in [0.2, 0.25) is 0 Å². The second kappa shape index (κ2) is 39.6. The lowest BCUT2D eigenvalue weighted by molar-refractivity contribution is -0.150. The molecule has 0 heterocycles. The van der Waals surface area contributed by atoms with Crippen LogP contribution in [0, 0.1) is 0 Å². The van der Waals surface area contributed by atoms with E-state index in [1.54, 1.807) is 0 Å². The lowest BCUT2D eigenvalue weighted by Gasteiger charge is -2.18. The van der Waals surface area contributed by atoms with E-state index in [9.17, 15) is 9.59 Å². The van der Waals surface area contributed by atoms with Crippen molar-refractivity contribution in [3.63, 3.8) is 0 Å². The molecule has 280 valence electrons. The molecule has 0 fully saturated rings. The van der Waals surface area contributed by atoms with Crippen molar-refractivity contribution in [2.75, 3.05) is 0 Å². The second-order valence-electron chi connectivity index (χ2n) is 14.2. The number of hydrogen-bond donors (Lipinski definition) is 1. The van der Waals surface area contributed by atoms with Gasteiger partial charge in [-0.05, 0) is 89.9 Å². The Hall–Kier alpha value is -1.84. The van der Waals surface area contributed by atoms with Gasteiger partial charge >= 0.3 is 11.9 Å². The molecule has 0 aromatic heterocycles. The van der Waals surface area contributed by atoms with Crippen LogP contribution in [0.1, 0.15) is 226 Å². The van der Waals surface area contributed by atoms with Crippen LogP contribution >= 0.6 is 0 Å². The van der Waals surface area contributed by atoms with Crippen LogP contribution in [-0.2, 0) is 14.3 Å². The van der Waals surface area contributed by atoms with Crippen LogP contribution in [0.3, 0.4) is 0 Å². The third-order valence-corrected chi connectivity index (χ3v) is 9.33. The maximum atomic E-state index is 12.7. The van der Waals surface area contributed by atoms with Crippen LogP contribution in [0.5, 0.6) is 0 Å². The predicted molar refractivity (Wildman–Crippen MR) is 209 cm³/mol. The van der Waals surface area contributed by atoms with E-state index in [4.69, 9.17) is 9.84 Å². The molecule has 48 heavy (non-hydrogen) atoms. The summed E-state index contributed by atoms with van der Waals surface area (Å²) in [6.45, 7) is 4.53. The molecule has 4 nitrogen and oxygen atoms in total. The first-order valence-corrected chi connectivity index (χ1v) is 21.0. The Balaban J connectivity index is 4.06. The number of allylic oxidation sites excluding steroid dienone is 6. The fourth-order valence-electron chi connectivity index (χ4n) is 6.22. The second-order valence-corrected chi connectivity index (χ2v) is 14.2. The first-order valence-electron chi connectivity index (χ1n) is 21.0. The van der Waals surface area contributed by atoms with Crippen molar-refractivity contribution in [3.05, 3.63) is 36.5 Å². The summed E-state index contributed by atoms with van der Waals surface area (Å²) in [5.41, 5.74) is 0. The maximum Gasteiger partial charge on any atom is 0.306 e. The number of rotatable bonds is 38. The fraction of sp³-hybridized carbons (Fsp3) is 0.818. The summed E-state index contributed by atoms with van der Waals surface area (Å²) in [6, 6.07) is 0. The zero-order valence-corrected chi connectivity index (χ0v) is 32.0. The summed E-state index contributed by atoms with van der Waals surface area (Å²) in [4.78, 5) is 23.4. The minimum absolute atomic E-state index is 0.0192. The van der Waals surface area contributed by atoms with Crippen LogP contribution in [0.2, 0.25) is 0 Å². The normalized spacial score (nSPS) is 12.5. The summed E-state index contributed by atoms with van der Waals surface area (Å²) in [7, 11) is 0. The molecule has 0 bridgehead atoms. The molecule has 0 aliphatic carbocycles. The number of carbonyl (C=O) groups excluding carboxylic acids is 1. The molecule has 0 radical (unpaired) electrons. The first-order chi connectivity index (χ1) is 23.6. The molecule has 0 aromatic carbocycles. The molecule has 1 atom stereocenters. The van der Waals surface area contributed by atoms with Gasteiger partial charge in [0.25, 0.3) is 0 Å². The van der Waals surface area contributed by atoms with Crippen LogP contribution in [0.15, 0.2) is 36.5 Å². The van der Waals surface area contributed by atoms with Crippen LogP contribution in [0.4, 0.5) is 0 Å². The Labute approximate surface area is 299 Å². The van der Waals surface area contributed by atoms with Crippen molar-refractivity contribution < 1.29 is 19.4 Å². The van der Waals surface area contributed by atoms with E-state index in [0.29, 0.717) is 6.42 Å². The van der Waals surface area contributed by atoms with Crippen molar-refractivity contribution in [2.45, 2.75) is 232 Å². The van der Waals surface area contributed by atoms with E-state index in [0.717, 1.165) is 77.0 Å². The standard InChI is InChI=1S/C44H80O4/c1-3-5-7-9-11-13-15-17-18-19-20-22-24-26-28-33-37-41-44(47)48-42(39-35-31-29-32-36-40-43(45)46)38-34-30-27-25-23-21-16-14-12-10-8-6-4-2/h11,13,17-18,25,27,42H,3-10,12,14-16,19-24,26,28-41H2,1-2H3,(H,45,46)/b13-11-,18-17-,27-25-. The van der Waals surface area contributed by atoms with Crippen LogP contribution < -0.4 is 0 Å². The molecule has 1 unspecified atom stereocenters. The zero-order chi connectivity index (χ0) is 35.0. The van der Waals surface area contributed by atoms with Crippen molar-refractivity contribution in [2.24, 2.45) is 0 Å². The average molecular weight is 673 g/mol. The van der Waals surface area contributed by atoms with Gasteiger partial charge in [-0.15, -0.1) is 0 Å². The first kappa shape index (κ1) is 46.2. The molecule has 0 saturated carbocycles. The number of esters is 1. The van der Waals surface area contributed by atoms with Gasteiger partial charge < -0.3 is 9.84 Å². The number of aliphatic carboxylic acids is 1. The highest BCUT2D eigenvalue weighted by molar-refractivity contribution is 5.69. The number of carbonyl (C=O) groups is 2. The van der Waals surface area contributed by atoms with Gasteiger partial charge in [-0.2, -0.15) is 0 Å². The van der Waals surface area contributed by atoms with E-state index >= 15 is 0 Å². The molecule has 0 aromatic rings. The Bertz CT molecular complexity index is 768. The van der Waals surface area contributed by atoms with E-state index in [-0.39, 0.29) is 18.5 Å². The summed E-state index contributed by atoms with van der Waals surface area (Å²) < 4.78 is 5.99. The largest absolute Gasteiger partial charge is 0.481 e. The number of ether oxygens (including phenoxy) is 1. The Morgan fingerprint density at radius 1 is 0.458 bits per heavy atom. The zero-order valence-electron chi connectivity index (χ0n) is 32.0. The topological polar surface area (TPSA) is 63.6 Å². The molecule has 0 rings (SSSR count). The third-order valence-electron chi connectivity index (χ3n) is 9.33. The Morgan fingerprint density at radius 2 is 0.833 bits per heavy atom. The molecule has 0 aliphatic rings. The highest BCUT2D eigenvalue weighted by Gasteiger charge is 2.14. The lowest BCUT2D eigenvalue weighted by atomic mass is 10.0. The van der Waals surface area contributed by atoms with E-state index in [1.807, 2.05) is 0 Å². The van der Waals surface area contributed by atoms with Gasteiger partial charge in [0.1, 0.15) is 6.10 Å². The van der Waals surface area contributed by atoms with Gasteiger partial charge in [0.05, 0.1) is 0 Å². The third kappa shape index (κ3) is 38.6. The van der Waals surface area contributed by atoms with Crippen molar-refractivity contribution in [1.29, 1.82) is 0 Å². The molecular formula is C44H80O4. The molecular weight excluding hydrogens is 592 g/mol. The molecule has 1 N–H and O–H groups in total. The number of carboxylic acids is 1. The summed E-state index contributed by atoms with van der Waals surface area (Å²) >= 11 is 0. The predicted octanol–water partition coefficient (Wildman–Crippen LogP) is 14.6. The molecule has 0 amide bonds. The highest BCUT2D eigenvalue weighted by atomic mass is 16.5. The minimum atomic E-state index is -0.704. The summed E-state index contributed by atoms with van der Waals surface area (Å²) in [6.07, 6.45) is 51.6. The quantitative estimate of drug-likeness (QED) is 0.0403. The average Bonchev–Trinajstić information content (AvgIpc) is 3.07. The van der Waals surface area contributed by atoms with Gasteiger partial charge in [-0.25, -0.2) is 0 Å². The number of hydrogen-bond acceptors (Lipinski definition) is 3. The molecule has 0 spiro atoms. The molecule has 4 heteroatoms. The molecule has 0 aliphatic heterocycles. The van der Waals surface area contributed by atoms with Crippen molar-refractivity contribution in [1.82, 2.24) is 0 Å². The Kier molecular flexibility index (Phi) is 38.1. The van der Waals surface area contributed by atoms with E-state index < -0.39 is 5.97 Å². The monoisotopic (exact) mass is 673 g/mol. The van der Waals surface area contributed by atoms with Crippen LogP contribution in [0.25, 0.3) is 0 Å². The fourth-order valence-corrected chi connectivity index (χ4v) is 6.22. The maximum absolute atomic E-state index is 12.7. The highest BCUT2D eigenvalue weighted by Crippen LogP contribution is 2.18. The summed E-state index contributed by atoms with van der Waals surface area (Å²) in [5.74, 6) is -0.724. The van der Waals surface area contributed by atoms with Crippen molar-refractivity contribution >= 4 is 11.9 Å². The number of carboxylic acid groups (broad SMARTS) is 1. The van der Waals surface area contributed by atoms with Gasteiger partial charge in [0.15, 0.2) is 0 Å². The number of unbranched alkanes of at least 4 members (excludes halogenated alkanes) is 23. The van der Waals surface area contributed by atoms with E-state index in [2.05, 4.69) is 50.3 Å². The SMILES string of the molecule is CCCCC/C=C\C/C=C\CCCCCCCCCC(=O)OC(CCC/C=C\CCCCCCCCCC)CCCCCCCC(=O)O.